The van der Waals surface area contributed by atoms with E-state index in [1.165, 1.54) is 32.1 Å². The zero-order chi connectivity index (χ0) is 26.7. The van der Waals surface area contributed by atoms with Crippen molar-refractivity contribution in [2.24, 2.45) is 0 Å². The molecule has 2 aliphatic rings. The highest BCUT2D eigenvalue weighted by Gasteiger charge is 2.33. The van der Waals surface area contributed by atoms with E-state index >= 15 is 0 Å². The summed E-state index contributed by atoms with van der Waals surface area (Å²) in [6.07, 6.45) is 6.91. The standard InChI is InChI=1S/C30H40N2O6/c33-21-22-9-11-23(12-10-22)27-19-26(20-32-17-4-2-1-3-5-18-32)37-30(38-27)24-13-15-25(16-14-24)31-28(34)7-6-8-29(35)36/h9-16,26-27,30,33H,1-8,17-21H2,(H,31,34)(H,35,36)/t26-,27+,30+/m0/s1. The first kappa shape index (κ1) is 28.2. The third-order valence-electron chi connectivity index (χ3n) is 7.29. The topological polar surface area (TPSA) is 108 Å². The molecule has 0 saturated carbocycles. The first-order chi connectivity index (χ1) is 18.5. The van der Waals surface area contributed by atoms with Crippen LogP contribution in [-0.4, -0.2) is 52.7 Å². The molecule has 2 heterocycles. The van der Waals surface area contributed by atoms with Gasteiger partial charge in [0.25, 0.3) is 0 Å². The first-order valence-electron chi connectivity index (χ1n) is 13.8. The summed E-state index contributed by atoms with van der Waals surface area (Å²) < 4.78 is 12.9. The van der Waals surface area contributed by atoms with E-state index in [0.29, 0.717) is 12.1 Å². The number of nitrogens with zero attached hydrogens (tertiary/aromatic N) is 1. The molecule has 0 aromatic heterocycles. The number of rotatable bonds is 10. The molecule has 2 fully saturated rings. The Kier molecular flexibility index (Phi) is 10.7. The third kappa shape index (κ3) is 8.63. The zero-order valence-electron chi connectivity index (χ0n) is 22.0. The summed E-state index contributed by atoms with van der Waals surface area (Å²) in [6, 6.07) is 15.4. The fourth-order valence-electron chi connectivity index (χ4n) is 5.16. The Labute approximate surface area is 224 Å². The largest absolute Gasteiger partial charge is 0.481 e. The summed E-state index contributed by atoms with van der Waals surface area (Å²) in [5.74, 6) is -1.11. The van der Waals surface area contributed by atoms with Gasteiger partial charge in [0.2, 0.25) is 5.91 Å². The number of hydrogen-bond acceptors (Lipinski definition) is 6. The van der Waals surface area contributed by atoms with Crippen molar-refractivity contribution in [3.63, 3.8) is 0 Å². The molecule has 38 heavy (non-hydrogen) atoms. The van der Waals surface area contributed by atoms with Crippen LogP contribution >= 0.6 is 0 Å². The fraction of sp³-hybridized carbons (Fsp3) is 0.533. The first-order valence-corrected chi connectivity index (χ1v) is 13.8. The van der Waals surface area contributed by atoms with Gasteiger partial charge in [-0.1, -0.05) is 55.7 Å². The van der Waals surface area contributed by atoms with Gasteiger partial charge in [0, 0.05) is 37.1 Å². The van der Waals surface area contributed by atoms with E-state index in [0.717, 1.165) is 42.7 Å². The third-order valence-corrected chi connectivity index (χ3v) is 7.29. The molecule has 0 unspecified atom stereocenters. The molecule has 3 N–H and O–H groups in total. The number of carbonyl (C=O) groups excluding carboxylic acids is 1. The van der Waals surface area contributed by atoms with E-state index in [9.17, 15) is 14.7 Å². The Hall–Kier alpha value is -2.78. The van der Waals surface area contributed by atoms with Crippen LogP contribution in [-0.2, 0) is 25.7 Å². The van der Waals surface area contributed by atoms with Crippen LogP contribution in [0.1, 0.15) is 86.9 Å². The summed E-state index contributed by atoms with van der Waals surface area (Å²) in [5.41, 5.74) is 3.47. The summed E-state index contributed by atoms with van der Waals surface area (Å²) in [7, 11) is 0. The molecule has 0 bridgehead atoms. The second-order valence-corrected chi connectivity index (χ2v) is 10.3. The maximum Gasteiger partial charge on any atom is 0.303 e. The van der Waals surface area contributed by atoms with Crippen LogP contribution in [0.25, 0.3) is 0 Å². The number of likely N-dealkylation sites (tertiary alicyclic amines) is 1. The summed E-state index contributed by atoms with van der Waals surface area (Å²) >= 11 is 0. The van der Waals surface area contributed by atoms with Gasteiger partial charge in [0.15, 0.2) is 6.29 Å². The van der Waals surface area contributed by atoms with Crippen molar-refractivity contribution in [3.05, 3.63) is 65.2 Å². The minimum absolute atomic E-state index is 0.0115. The van der Waals surface area contributed by atoms with Gasteiger partial charge in [-0.2, -0.15) is 0 Å². The number of anilines is 1. The Morgan fingerprint density at radius 3 is 2.18 bits per heavy atom. The van der Waals surface area contributed by atoms with Gasteiger partial charge < -0.3 is 29.9 Å². The number of aliphatic hydroxyl groups is 1. The molecule has 206 valence electrons. The van der Waals surface area contributed by atoms with E-state index < -0.39 is 12.3 Å². The Morgan fingerprint density at radius 2 is 1.53 bits per heavy atom. The van der Waals surface area contributed by atoms with Crippen LogP contribution in [0.4, 0.5) is 5.69 Å². The number of nitrogens with one attached hydrogen (secondary N) is 1. The van der Waals surface area contributed by atoms with E-state index in [4.69, 9.17) is 14.6 Å². The number of carbonyl (C=O) groups is 2. The smallest absolute Gasteiger partial charge is 0.303 e. The van der Waals surface area contributed by atoms with Crippen molar-refractivity contribution in [3.8, 4) is 0 Å². The second kappa shape index (κ2) is 14.4. The number of amides is 1. The van der Waals surface area contributed by atoms with E-state index in [1.54, 1.807) is 0 Å². The monoisotopic (exact) mass is 524 g/mol. The van der Waals surface area contributed by atoms with Crippen molar-refractivity contribution in [1.29, 1.82) is 0 Å². The van der Waals surface area contributed by atoms with Crippen molar-refractivity contribution in [2.75, 3.05) is 25.0 Å². The number of carboxylic acids is 1. The summed E-state index contributed by atoms with van der Waals surface area (Å²) in [6.45, 7) is 3.08. The van der Waals surface area contributed by atoms with E-state index in [1.807, 2.05) is 48.5 Å². The Morgan fingerprint density at radius 1 is 0.868 bits per heavy atom. The SMILES string of the molecule is O=C(O)CCCC(=O)Nc1ccc([C@@H]2O[C@H](CN3CCCCCCC3)C[C@H](c3ccc(CO)cc3)O2)cc1. The molecule has 1 amide bonds. The lowest BCUT2D eigenvalue weighted by atomic mass is 9.99. The van der Waals surface area contributed by atoms with Crippen LogP contribution in [0.3, 0.4) is 0 Å². The van der Waals surface area contributed by atoms with Crippen LogP contribution < -0.4 is 5.32 Å². The van der Waals surface area contributed by atoms with Crippen LogP contribution in [0.15, 0.2) is 48.5 Å². The molecule has 3 atom stereocenters. The van der Waals surface area contributed by atoms with Crippen molar-refractivity contribution >= 4 is 17.6 Å². The highest BCUT2D eigenvalue weighted by Crippen LogP contribution is 2.38. The lowest BCUT2D eigenvalue weighted by molar-refractivity contribution is -0.253. The van der Waals surface area contributed by atoms with Gasteiger partial charge in [0.05, 0.1) is 18.8 Å². The summed E-state index contributed by atoms with van der Waals surface area (Å²) in [4.78, 5) is 25.3. The molecule has 0 aliphatic carbocycles. The number of hydrogen-bond donors (Lipinski definition) is 3. The van der Waals surface area contributed by atoms with Crippen molar-refractivity contribution in [1.82, 2.24) is 4.90 Å². The average molecular weight is 525 g/mol. The van der Waals surface area contributed by atoms with Gasteiger partial charge >= 0.3 is 5.97 Å². The molecule has 8 heteroatoms. The number of benzene rings is 2. The van der Waals surface area contributed by atoms with Gasteiger partial charge in [-0.15, -0.1) is 0 Å². The van der Waals surface area contributed by atoms with Crippen molar-refractivity contribution in [2.45, 2.75) is 82.9 Å². The molecule has 8 nitrogen and oxygen atoms in total. The Balaban J connectivity index is 1.43. The zero-order valence-corrected chi connectivity index (χ0v) is 22.0. The Bertz CT molecular complexity index is 1020. The molecule has 0 radical (unpaired) electrons. The predicted molar refractivity (Wildman–Crippen MR) is 145 cm³/mol. The van der Waals surface area contributed by atoms with E-state index in [-0.39, 0.29) is 37.6 Å². The highest BCUT2D eigenvalue weighted by molar-refractivity contribution is 5.90. The van der Waals surface area contributed by atoms with Gasteiger partial charge in [-0.05, 0) is 55.6 Å². The van der Waals surface area contributed by atoms with E-state index in [2.05, 4.69) is 10.2 Å². The minimum Gasteiger partial charge on any atom is -0.481 e. The molecule has 2 aromatic carbocycles. The van der Waals surface area contributed by atoms with Crippen LogP contribution in [0.2, 0.25) is 0 Å². The number of aliphatic carboxylic acids is 1. The van der Waals surface area contributed by atoms with Gasteiger partial charge in [-0.25, -0.2) is 0 Å². The molecule has 2 aromatic rings. The lowest BCUT2D eigenvalue weighted by Gasteiger charge is -2.38. The quantitative estimate of drug-likeness (QED) is 0.393. The van der Waals surface area contributed by atoms with Crippen LogP contribution in [0, 0.1) is 0 Å². The van der Waals surface area contributed by atoms with Crippen molar-refractivity contribution < 1.29 is 29.3 Å². The minimum atomic E-state index is -0.901. The molecular weight excluding hydrogens is 484 g/mol. The maximum absolute atomic E-state index is 12.1. The average Bonchev–Trinajstić information content (AvgIpc) is 2.90. The lowest BCUT2D eigenvalue weighted by Crippen LogP contribution is -2.40. The van der Waals surface area contributed by atoms with Gasteiger partial charge in [0.1, 0.15) is 0 Å². The number of carboxylic acid groups (broad SMARTS) is 1. The second-order valence-electron chi connectivity index (χ2n) is 10.3. The molecule has 2 aliphatic heterocycles. The molecule has 4 rings (SSSR count). The maximum atomic E-state index is 12.1. The summed E-state index contributed by atoms with van der Waals surface area (Å²) in [5, 5.41) is 21.0. The number of aliphatic hydroxyl groups excluding tert-OH is 1. The van der Waals surface area contributed by atoms with Crippen LogP contribution in [0.5, 0.6) is 0 Å². The predicted octanol–water partition coefficient (Wildman–Crippen LogP) is 5.18. The molecule has 0 spiro atoms. The van der Waals surface area contributed by atoms with Gasteiger partial charge in [-0.3, -0.25) is 9.59 Å². The molecule has 2 saturated heterocycles. The normalized spacial score (nSPS) is 22.8. The highest BCUT2D eigenvalue weighted by atomic mass is 16.7. The fourth-order valence-corrected chi connectivity index (χ4v) is 5.16. The number of ether oxygens (including phenoxy) is 2. The molecular formula is C30H40N2O6.